The lowest BCUT2D eigenvalue weighted by Gasteiger charge is -2.18. The molecule has 0 aliphatic carbocycles. The number of alkyl halides is 3. The molecule has 0 spiro atoms. The molecule has 0 atom stereocenters. The summed E-state index contributed by atoms with van der Waals surface area (Å²) >= 11 is 0. The van der Waals surface area contributed by atoms with E-state index < -0.39 is 23.6 Å². The molecule has 2 N–H and O–H groups in total. The zero-order chi connectivity index (χ0) is 23.7. The molecule has 0 fully saturated rings. The predicted molar refractivity (Wildman–Crippen MR) is 115 cm³/mol. The molecule has 0 aromatic heterocycles. The van der Waals surface area contributed by atoms with Crippen molar-refractivity contribution in [3.05, 3.63) is 48.0 Å². The number of carbonyl (C=O) groups is 2. The van der Waals surface area contributed by atoms with Gasteiger partial charge in [0.15, 0.2) is 0 Å². The van der Waals surface area contributed by atoms with E-state index in [9.17, 15) is 22.8 Å². The second-order valence-electron chi connectivity index (χ2n) is 6.84. The predicted octanol–water partition coefficient (Wildman–Crippen LogP) is 4.01. The fourth-order valence-corrected chi connectivity index (χ4v) is 2.91. The maximum absolute atomic E-state index is 13.1. The third-order valence-corrected chi connectivity index (χ3v) is 4.17. The Kier molecular flexibility index (Phi) is 8.89. The van der Waals surface area contributed by atoms with Crippen LogP contribution >= 0.6 is 0 Å². The van der Waals surface area contributed by atoms with Gasteiger partial charge in [-0.3, -0.25) is 14.5 Å². The van der Waals surface area contributed by atoms with E-state index in [2.05, 4.69) is 10.6 Å². The molecule has 174 valence electrons. The number of para-hydroxylation sites is 1. The maximum Gasteiger partial charge on any atom is 0.418 e. The van der Waals surface area contributed by atoms with Crippen LogP contribution in [0.4, 0.5) is 24.5 Å². The minimum absolute atomic E-state index is 0.168. The number of likely N-dealkylation sites (N-methyl/N-ethyl adjacent to an activating group) is 1. The molecule has 0 aliphatic rings. The fraction of sp³-hybridized carbons (Fsp3) is 0.364. The number of rotatable bonds is 10. The third-order valence-electron chi connectivity index (χ3n) is 4.17. The van der Waals surface area contributed by atoms with Crippen molar-refractivity contribution in [1.29, 1.82) is 0 Å². The molecule has 0 saturated heterocycles. The highest BCUT2D eigenvalue weighted by molar-refractivity contribution is 5.96. The molecule has 0 heterocycles. The van der Waals surface area contributed by atoms with E-state index in [0.29, 0.717) is 30.4 Å². The van der Waals surface area contributed by atoms with Crippen molar-refractivity contribution < 1.29 is 32.2 Å². The summed E-state index contributed by atoms with van der Waals surface area (Å²) < 4.78 is 50.2. The van der Waals surface area contributed by atoms with E-state index in [4.69, 9.17) is 9.47 Å². The summed E-state index contributed by atoms with van der Waals surface area (Å²) in [7, 11) is 1.51. The first-order valence-electron chi connectivity index (χ1n) is 9.98. The second kappa shape index (κ2) is 11.4. The summed E-state index contributed by atoms with van der Waals surface area (Å²) in [5, 5.41) is 4.96. The Morgan fingerprint density at radius 3 is 2.09 bits per heavy atom. The van der Waals surface area contributed by atoms with Gasteiger partial charge in [-0.1, -0.05) is 12.1 Å². The van der Waals surface area contributed by atoms with E-state index in [1.54, 1.807) is 18.2 Å². The SMILES string of the molecule is CCOc1ccc(OCC)c(NC(=O)CN(C)CC(=O)Nc2ccccc2C(F)(F)F)c1. The summed E-state index contributed by atoms with van der Waals surface area (Å²) in [6.45, 7) is 4.05. The van der Waals surface area contributed by atoms with E-state index in [1.165, 1.54) is 30.1 Å². The van der Waals surface area contributed by atoms with Crippen molar-refractivity contribution >= 4 is 23.2 Å². The van der Waals surface area contributed by atoms with Gasteiger partial charge in [-0.25, -0.2) is 0 Å². The van der Waals surface area contributed by atoms with Crippen LogP contribution in [0.25, 0.3) is 0 Å². The van der Waals surface area contributed by atoms with Crippen LogP contribution in [0, 0.1) is 0 Å². The topological polar surface area (TPSA) is 79.9 Å². The van der Waals surface area contributed by atoms with Gasteiger partial charge in [0.2, 0.25) is 11.8 Å². The highest BCUT2D eigenvalue weighted by Gasteiger charge is 2.33. The molecule has 10 heteroatoms. The molecule has 2 amide bonds. The van der Waals surface area contributed by atoms with Crippen LogP contribution in [0.1, 0.15) is 19.4 Å². The van der Waals surface area contributed by atoms with Gasteiger partial charge in [-0.15, -0.1) is 0 Å². The van der Waals surface area contributed by atoms with Gasteiger partial charge in [0.25, 0.3) is 0 Å². The maximum atomic E-state index is 13.1. The monoisotopic (exact) mass is 453 g/mol. The van der Waals surface area contributed by atoms with Crippen LogP contribution in [0.15, 0.2) is 42.5 Å². The second-order valence-corrected chi connectivity index (χ2v) is 6.84. The molecule has 2 rings (SSSR count). The molecule has 0 saturated carbocycles. The molecule has 7 nitrogen and oxygen atoms in total. The lowest BCUT2D eigenvalue weighted by atomic mass is 10.1. The molecule has 0 aliphatic heterocycles. The van der Waals surface area contributed by atoms with Gasteiger partial charge in [0, 0.05) is 6.07 Å². The Morgan fingerprint density at radius 1 is 0.906 bits per heavy atom. The summed E-state index contributed by atoms with van der Waals surface area (Å²) in [6, 6.07) is 9.74. The van der Waals surface area contributed by atoms with Crippen molar-refractivity contribution in [3.63, 3.8) is 0 Å². The molecular formula is C22H26F3N3O4. The van der Waals surface area contributed by atoms with Gasteiger partial charge < -0.3 is 20.1 Å². The third kappa shape index (κ3) is 7.45. The van der Waals surface area contributed by atoms with Crippen molar-refractivity contribution in [2.75, 3.05) is 44.0 Å². The Balaban J connectivity index is 1.97. The van der Waals surface area contributed by atoms with Crippen LogP contribution in [-0.2, 0) is 15.8 Å². The van der Waals surface area contributed by atoms with E-state index in [-0.39, 0.29) is 18.8 Å². The number of amides is 2. The first-order valence-corrected chi connectivity index (χ1v) is 9.98. The number of nitrogens with zero attached hydrogens (tertiary/aromatic N) is 1. The summed E-state index contributed by atoms with van der Waals surface area (Å²) in [5.74, 6) is -0.0771. The van der Waals surface area contributed by atoms with E-state index in [0.717, 1.165) is 6.07 Å². The average molecular weight is 453 g/mol. The number of carbonyl (C=O) groups excluding carboxylic acids is 2. The van der Waals surface area contributed by atoms with Crippen LogP contribution in [-0.4, -0.2) is 50.1 Å². The van der Waals surface area contributed by atoms with Gasteiger partial charge in [-0.05, 0) is 45.2 Å². The molecule has 32 heavy (non-hydrogen) atoms. The highest BCUT2D eigenvalue weighted by atomic mass is 19.4. The normalized spacial score (nSPS) is 11.2. The molecule has 0 bridgehead atoms. The Labute approximate surface area is 184 Å². The number of anilines is 2. The fourth-order valence-electron chi connectivity index (χ4n) is 2.91. The minimum atomic E-state index is -4.59. The first kappa shape index (κ1) is 25.0. The molecule has 0 radical (unpaired) electrons. The Morgan fingerprint density at radius 2 is 1.50 bits per heavy atom. The zero-order valence-corrected chi connectivity index (χ0v) is 18.1. The van der Waals surface area contributed by atoms with Crippen molar-refractivity contribution in [3.8, 4) is 11.5 Å². The number of hydrogen-bond acceptors (Lipinski definition) is 5. The lowest BCUT2D eigenvalue weighted by Crippen LogP contribution is -2.36. The highest BCUT2D eigenvalue weighted by Crippen LogP contribution is 2.34. The number of ether oxygens (including phenoxy) is 2. The Hall–Kier alpha value is -3.27. The largest absolute Gasteiger partial charge is 0.494 e. The van der Waals surface area contributed by atoms with Crippen LogP contribution in [0.2, 0.25) is 0 Å². The minimum Gasteiger partial charge on any atom is -0.494 e. The smallest absolute Gasteiger partial charge is 0.418 e. The van der Waals surface area contributed by atoms with Crippen LogP contribution in [0.5, 0.6) is 11.5 Å². The standard InChI is InChI=1S/C22H26F3N3O4/c1-4-31-15-10-11-19(32-5-2)18(12-15)27-21(30)14-28(3)13-20(29)26-17-9-7-6-8-16(17)22(23,24)25/h6-12H,4-5,13-14H2,1-3H3,(H,26,29)(H,27,30). The number of nitrogens with one attached hydrogen (secondary N) is 2. The number of benzene rings is 2. The van der Waals surface area contributed by atoms with E-state index >= 15 is 0 Å². The molecule has 2 aromatic rings. The lowest BCUT2D eigenvalue weighted by molar-refractivity contribution is -0.137. The van der Waals surface area contributed by atoms with Crippen molar-refractivity contribution in [2.24, 2.45) is 0 Å². The summed E-state index contributed by atoms with van der Waals surface area (Å²) in [5.41, 5.74) is -0.858. The molecule has 2 aromatic carbocycles. The first-order chi connectivity index (χ1) is 15.1. The van der Waals surface area contributed by atoms with Crippen LogP contribution in [0.3, 0.4) is 0 Å². The quantitative estimate of drug-likeness (QED) is 0.568. The summed E-state index contributed by atoms with van der Waals surface area (Å²) in [4.78, 5) is 26.0. The molecular weight excluding hydrogens is 427 g/mol. The zero-order valence-electron chi connectivity index (χ0n) is 18.1. The average Bonchev–Trinajstić information content (AvgIpc) is 2.69. The van der Waals surface area contributed by atoms with Crippen molar-refractivity contribution in [2.45, 2.75) is 20.0 Å². The Bertz CT molecular complexity index is 935. The van der Waals surface area contributed by atoms with Gasteiger partial charge >= 0.3 is 6.18 Å². The number of hydrogen-bond donors (Lipinski definition) is 2. The molecule has 0 unspecified atom stereocenters. The summed E-state index contributed by atoms with van der Waals surface area (Å²) in [6.07, 6.45) is -4.59. The van der Waals surface area contributed by atoms with Gasteiger partial charge in [-0.2, -0.15) is 13.2 Å². The van der Waals surface area contributed by atoms with Crippen LogP contribution < -0.4 is 20.1 Å². The van der Waals surface area contributed by atoms with Crippen molar-refractivity contribution in [1.82, 2.24) is 4.90 Å². The van der Waals surface area contributed by atoms with E-state index in [1.807, 2.05) is 13.8 Å². The van der Waals surface area contributed by atoms with Gasteiger partial charge in [0.05, 0.1) is 43.2 Å². The number of halogens is 3. The van der Waals surface area contributed by atoms with Gasteiger partial charge in [0.1, 0.15) is 11.5 Å².